The third-order valence-electron chi connectivity index (χ3n) is 5.59. The Morgan fingerprint density at radius 2 is 2.05 bits per heavy atom. The average Bonchev–Trinajstić information content (AvgIpc) is 2.78. The number of aromatic nitrogens is 1. The van der Waals surface area contributed by atoms with Crippen LogP contribution in [0.2, 0.25) is 0 Å². The first-order valence-corrected chi connectivity index (χ1v) is 8.05. The van der Waals surface area contributed by atoms with Crippen molar-refractivity contribution in [2.45, 2.75) is 44.4 Å². The number of benzene rings is 2. The number of rotatable bonds is 0. The quantitative estimate of drug-likeness (QED) is 0.327. The predicted octanol–water partition coefficient (Wildman–Crippen LogP) is 5.25. The van der Waals surface area contributed by atoms with Gasteiger partial charge in [-0.05, 0) is 60.1 Å². The summed E-state index contributed by atoms with van der Waals surface area (Å²) in [6.07, 6.45) is 7.62. The second-order valence-electron chi connectivity index (χ2n) is 6.74. The molecule has 0 aliphatic heterocycles. The van der Waals surface area contributed by atoms with E-state index >= 15 is 0 Å². The van der Waals surface area contributed by atoms with Gasteiger partial charge in [0.25, 0.3) is 0 Å². The van der Waals surface area contributed by atoms with Crippen molar-refractivity contribution in [2.24, 2.45) is 0 Å². The first kappa shape index (κ1) is 14.4. The van der Waals surface area contributed by atoms with Gasteiger partial charge in [-0.2, -0.15) is 0 Å². The first-order valence-electron chi connectivity index (χ1n) is 8.05. The summed E-state index contributed by atoms with van der Waals surface area (Å²) in [5, 5.41) is 3.88. The molecular formula is C20H18IrN-. The van der Waals surface area contributed by atoms with E-state index in [1.54, 1.807) is 11.1 Å². The third kappa shape index (κ3) is 1.84. The number of nitrogens with zero attached hydrogens (tertiary/aromatic N) is 1. The second kappa shape index (κ2) is 5.15. The molecule has 2 aromatic carbocycles. The molecular weight excluding hydrogens is 446 g/mol. The minimum Gasteiger partial charge on any atom is -0.304 e. The third-order valence-corrected chi connectivity index (χ3v) is 5.59. The van der Waals surface area contributed by atoms with Gasteiger partial charge in [0.15, 0.2) is 0 Å². The molecule has 2 unspecified atom stereocenters. The molecule has 1 saturated carbocycles. The van der Waals surface area contributed by atoms with Crippen molar-refractivity contribution >= 4 is 21.7 Å². The van der Waals surface area contributed by atoms with Gasteiger partial charge >= 0.3 is 0 Å². The predicted molar refractivity (Wildman–Crippen MR) is 86.8 cm³/mol. The molecule has 0 saturated heterocycles. The Bertz CT molecular complexity index is 884. The fourth-order valence-corrected chi connectivity index (χ4v) is 4.67. The monoisotopic (exact) mass is 465 g/mol. The summed E-state index contributed by atoms with van der Waals surface area (Å²) in [6, 6.07) is 12.1. The van der Waals surface area contributed by atoms with Crippen LogP contribution in [-0.2, 0) is 20.1 Å². The van der Waals surface area contributed by atoms with Crippen molar-refractivity contribution in [1.29, 1.82) is 0 Å². The molecule has 22 heavy (non-hydrogen) atoms. The normalized spacial score (nSPS) is 22.6. The van der Waals surface area contributed by atoms with Crippen molar-refractivity contribution in [1.82, 2.24) is 4.98 Å². The molecule has 1 heterocycles. The van der Waals surface area contributed by atoms with Crippen LogP contribution in [0.3, 0.4) is 0 Å². The van der Waals surface area contributed by atoms with E-state index in [0.717, 1.165) is 17.4 Å². The Morgan fingerprint density at radius 3 is 2.95 bits per heavy atom. The molecule has 3 aromatic rings. The Morgan fingerprint density at radius 1 is 1.18 bits per heavy atom. The van der Waals surface area contributed by atoms with Gasteiger partial charge in [0.05, 0.1) is 0 Å². The van der Waals surface area contributed by atoms with E-state index in [2.05, 4.69) is 37.4 Å². The smallest absolute Gasteiger partial charge is 0.0199 e. The van der Waals surface area contributed by atoms with Gasteiger partial charge in [0.2, 0.25) is 0 Å². The first-order chi connectivity index (χ1) is 10.3. The van der Waals surface area contributed by atoms with E-state index in [9.17, 15) is 0 Å². The summed E-state index contributed by atoms with van der Waals surface area (Å²) in [5.41, 5.74) is 5.66. The molecule has 2 bridgehead atoms. The van der Waals surface area contributed by atoms with E-state index in [1.165, 1.54) is 47.4 Å². The van der Waals surface area contributed by atoms with Crippen LogP contribution in [0.1, 0.15) is 54.2 Å². The molecule has 1 radical (unpaired) electrons. The van der Waals surface area contributed by atoms with Crippen LogP contribution in [0.25, 0.3) is 21.7 Å². The van der Waals surface area contributed by atoms with Crippen LogP contribution < -0.4 is 0 Å². The molecule has 2 aliphatic carbocycles. The SMILES string of the molecule is Cc1cc2c3c(cnc2c2[c-]cccc12)C1CCCC3C1.[Ir]. The van der Waals surface area contributed by atoms with E-state index in [-0.39, 0.29) is 20.1 Å². The van der Waals surface area contributed by atoms with E-state index in [0.29, 0.717) is 0 Å². The molecule has 2 atom stereocenters. The maximum absolute atomic E-state index is 4.85. The summed E-state index contributed by atoms with van der Waals surface area (Å²) >= 11 is 0. The van der Waals surface area contributed by atoms with Gasteiger partial charge in [-0.25, -0.2) is 0 Å². The van der Waals surface area contributed by atoms with Crippen molar-refractivity contribution in [2.75, 3.05) is 0 Å². The molecule has 2 aliphatic rings. The number of aryl methyl sites for hydroxylation is 1. The Labute approximate surface area is 144 Å². The van der Waals surface area contributed by atoms with Crippen LogP contribution in [0.15, 0.2) is 30.5 Å². The second-order valence-corrected chi connectivity index (χ2v) is 6.74. The zero-order valence-corrected chi connectivity index (χ0v) is 15.0. The molecule has 0 N–H and O–H groups in total. The zero-order valence-electron chi connectivity index (χ0n) is 12.7. The minimum absolute atomic E-state index is 0. The summed E-state index contributed by atoms with van der Waals surface area (Å²) < 4.78 is 0. The number of pyridine rings is 1. The van der Waals surface area contributed by atoms with Gasteiger partial charge in [0, 0.05) is 26.3 Å². The zero-order chi connectivity index (χ0) is 14.0. The van der Waals surface area contributed by atoms with Crippen LogP contribution in [0.5, 0.6) is 0 Å². The minimum atomic E-state index is 0. The maximum Gasteiger partial charge on any atom is 0.0199 e. The van der Waals surface area contributed by atoms with Crippen LogP contribution in [0.4, 0.5) is 0 Å². The maximum atomic E-state index is 4.85. The summed E-state index contributed by atoms with van der Waals surface area (Å²) in [5.74, 6) is 1.54. The summed E-state index contributed by atoms with van der Waals surface area (Å²) in [4.78, 5) is 4.85. The largest absolute Gasteiger partial charge is 0.304 e. The standard InChI is InChI=1S/C20H18N.Ir/c1-12-9-17-19-14-6-4-5-13(10-14)18(19)11-21-20(17)16-8-3-2-7-15(12)16;/h2-3,7,9,11,13-14H,4-6,10H2,1H3;/q-1;. The Balaban J connectivity index is 0.00000125. The van der Waals surface area contributed by atoms with Crippen LogP contribution in [-0.4, -0.2) is 4.98 Å². The molecule has 0 amide bonds. The van der Waals surface area contributed by atoms with Crippen molar-refractivity contribution in [3.63, 3.8) is 0 Å². The van der Waals surface area contributed by atoms with Gasteiger partial charge in [-0.1, -0.05) is 18.1 Å². The number of fused-ring (bicyclic) bond motifs is 9. The summed E-state index contributed by atoms with van der Waals surface area (Å²) in [6.45, 7) is 2.22. The molecule has 1 nitrogen and oxygen atoms in total. The van der Waals surface area contributed by atoms with Gasteiger partial charge in [0.1, 0.15) is 0 Å². The van der Waals surface area contributed by atoms with Gasteiger partial charge in [-0.15, -0.1) is 35.0 Å². The molecule has 1 fully saturated rings. The van der Waals surface area contributed by atoms with Crippen LogP contribution >= 0.6 is 0 Å². The van der Waals surface area contributed by atoms with E-state index < -0.39 is 0 Å². The fourth-order valence-electron chi connectivity index (χ4n) is 4.67. The van der Waals surface area contributed by atoms with E-state index in [4.69, 9.17) is 4.98 Å². The van der Waals surface area contributed by atoms with E-state index in [1.807, 2.05) is 6.07 Å². The average molecular weight is 465 g/mol. The van der Waals surface area contributed by atoms with Crippen LogP contribution in [0, 0.1) is 13.0 Å². The van der Waals surface area contributed by atoms with Crippen molar-refractivity contribution < 1.29 is 20.1 Å². The van der Waals surface area contributed by atoms with Crippen molar-refractivity contribution in [3.05, 3.63) is 53.2 Å². The number of hydrogen-bond acceptors (Lipinski definition) is 1. The van der Waals surface area contributed by atoms with Crippen molar-refractivity contribution in [3.8, 4) is 0 Å². The molecule has 5 rings (SSSR count). The fraction of sp³-hybridized carbons (Fsp3) is 0.350. The van der Waals surface area contributed by atoms with Gasteiger partial charge in [-0.3, -0.25) is 0 Å². The Kier molecular flexibility index (Phi) is 3.36. The molecule has 1 aromatic heterocycles. The molecule has 113 valence electrons. The summed E-state index contributed by atoms with van der Waals surface area (Å²) in [7, 11) is 0. The Hall–Kier alpha value is -1.24. The number of hydrogen-bond donors (Lipinski definition) is 0. The molecule has 0 spiro atoms. The van der Waals surface area contributed by atoms with Gasteiger partial charge < -0.3 is 4.98 Å². The molecule has 2 heteroatoms. The topological polar surface area (TPSA) is 12.9 Å².